The summed E-state index contributed by atoms with van der Waals surface area (Å²) in [6, 6.07) is 0. The van der Waals surface area contributed by atoms with Crippen molar-refractivity contribution in [3.8, 4) is 0 Å². The minimum absolute atomic E-state index is 0.0250. The molecule has 0 aliphatic heterocycles. The Morgan fingerprint density at radius 1 is 0.789 bits per heavy atom. The lowest BCUT2D eigenvalue weighted by atomic mass is 9.81. The van der Waals surface area contributed by atoms with Crippen LogP contribution in [0, 0.1) is 16.2 Å². The van der Waals surface area contributed by atoms with Crippen LogP contribution in [0.25, 0.3) is 0 Å². The van der Waals surface area contributed by atoms with Crippen LogP contribution in [0.3, 0.4) is 0 Å². The van der Waals surface area contributed by atoms with E-state index in [1.807, 2.05) is 0 Å². The maximum atomic E-state index is 9.58. The smallest absolute Gasteiger partial charge is 0.0857 e. The number of ether oxygens (including phenoxy) is 1. The van der Waals surface area contributed by atoms with E-state index in [0.29, 0.717) is 0 Å². The Morgan fingerprint density at radius 3 is 1.37 bits per heavy atom. The molecule has 1 N–H and O–H groups in total. The molecule has 116 valence electrons. The van der Waals surface area contributed by atoms with Crippen LogP contribution in [-0.4, -0.2) is 23.9 Å². The van der Waals surface area contributed by atoms with Crippen LogP contribution in [0.1, 0.15) is 75.2 Å². The van der Waals surface area contributed by atoms with E-state index in [1.54, 1.807) is 0 Å². The Hall–Kier alpha value is -0.0800. The summed E-state index contributed by atoms with van der Waals surface area (Å²) in [5.41, 5.74) is 0.463. The highest BCUT2D eigenvalue weighted by Gasteiger charge is 2.31. The van der Waals surface area contributed by atoms with Crippen LogP contribution in [-0.2, 0) is 4.74 Å². The van der Waals surface area contributed by atoms with E-state index < -0.39 is 0 Å². The predicted octanol–water partition coefficient (Wildman–Crippen LogP) is 4.65. The molecule has 1 atom stereocenters. The number of aliphatic hydroxyl groups is 1. The standard InChI is InChI=1S/C17H36O2/c1-15(2,3)10-13(11-16(4,5)6)19-14(12-18)17(7,8)9/h13-14,18H,10-12H2,1-9H3. The predicted molar refractivity (Wildman–Crippen MR) is 83.3 cm³/mol. The van der Waals surface area contributed by atoms with E-state index in [2.05, 4.69) is 62.3 Å². The van der Waals surface area contributed by atoms with E-state index in [4.69, 9.17) is 4.74 Å². The number of rotatable bonds is 5. The number of hydrogen-bond donors (Lipinski definition) is 1. The van der Waals surface area contributed by atoms with Crippen LogP contribution >= 0.6 is 0 Å². The Balaban J connectivity index is 4.84. The lowest BCUT2D eigenvalue weighted by Crippen LogP contribution is -2.38. The Labute approximate surface area is 120 Å². The fourth-order valence-corrected chi connectivity index (χ4v) is 2.29. The van der Waals surface area contributed by atoms with Crippen molar-refractivity contribution < 1.29 is 9.84 Å². The zero-order valence-electron chi connectivity index (χ0n) is 14.6. The molecular weight excluding hydrogens is 236 g/mol. The Bertz CT molecular complexity index is 234. The first-order chi connectivity index (χ1) is 8.24. The SMILES string of the molecule is CC(C)(C)CC(CC(C)(C)C)OC(CO)C(C)(C)C. The molecule has 0 aliphatic carbocycles. The van der Waals surface area contributed by atoms with Gasteiger partial charge in [0.05, 0.1) is 18.8 Å². The van der Waals surface area contributed by atoms with E-state index in [-0.39, 0.29) is 35.1 Å². The highest BCUT2D eigenvalue weighted by atomic mass is 16.5. The molecule has 0 bridgehead atoms. The summed E-state index contributed by atoms with van der Waals surface area (Å²) in [6.45, 7) is 19.9. The molecule has 0 saturated carbocycles. The summed E-state index contributed by atoms with van der Waals surface area (Å²) in [7, 11) is 0. The van der Waals surface area contributed by atoms with Crippen molar-refractivity contribution in [1.29, 1.82) is 0 Å². The summed E-state index contributed by atoms with van der Waals surface area (Å²) in [4.78, 5) is 0. The summed E-state index contributed by atoms with van der Waals surface area (Å²) in [5.74, 6) is 0. The van der Waals surface area contributed by atoms with Gasteiger partial charge in [0.15, 0.2) is 0 Å². The van der Waals surface area contributed by atoms with Gasteiger partial charge in [-0.05, 0) is 29.1 Å². The van der Waals surface area contributed by atoms with Crippen molar-refractivity contribution in [3.05, 3.63) is 0 Å². The third kappa shape index (κ3) is 9.45. The fourth-order valence-electron chi connectivity index (χ4n) is 2.29. The molecule has 0 aromatic rings. The molecule has 19 heavy (non-hydrogen) atoms. The molecule has 1 unspecified atom stereocenters. The summed E-state index contributed by atoms with van der Waals surface area (Å²) in [6.07, 6.45) is 2.16. The molecule has 2 nitrogen and oxygen atoms in total. The minimum atomic E-state index is -0.0952. The van der Waals surface area contributed by atoms with Gasteiger partial charge in [-0.3, -0.25) is 0 Å². The summed E-state index contributed by atoms with van der Waals surface area (Å²) < 4.78 is 6.27. The molecular formula is C17H36O2. The van der Waals surface area contributed by atoms with Crippen molar-refractivity contribution >= 4 is 0 Å². The van der Waals surface area contributed by atoms with Gasteiger partial charge in [-0.2, -0.15) is 0 Å². The van der Waals surface area contributed by atoms with Gasteiger partial charge in [-0.1, -0.05) is 62.3 Å². The quantitative estimate of drug-likeness (QED) is 0.789. The van der Waals surface area contributed by atoms with Crippen LogP contribution < -0.4 is 0 Å². The molecule has 0 saturated heterocycles. The second-order valence-electron chi connectivity index (χ2n) is 9.32. The van der Waals surface area contributed by atoms with E-state index in [0.717, 1.165) is 12.8 Å². The molecule has 0 aromatic carbocycles. The van der Waals surface area contributed by atoms with Gasteiger partial charge in [0, 0.05) is 0 Å². The monoisotopic (exact) mass is 272 g/mol. The highest BCUT2D eigenvalue weighted by molar-refractivity contribution is 4.80. The molecule has 0 aromatic heterocycles. The zero-order valence-corrected chi connectivity index (χ0v) is 14.6. The first-order valence-electron chi connectivity index (χ1n) is 7.51. The van der Waals surface area contributed by atoms with Crippen molar-refractivity contribution in [1.82, 2.24) is 0 Å². The topological polar surface area (TPSA) is 29.5 Å². The zero-order chi connectivity index (χ0) is 15.5. The molecule has 2 heteroatoms. The van der Waals surface area contributed by atoms with Gasteiger partial charge in [0.1, 0.15) is 0 Å². The fraction of sp³-hybridized carbons (Fsp3) is 1.00. The molecule has 0 amide bonds. The largest absolute Gasteiger partial charge is 0.394 e. The van der Waals surface area contributed by atoms with E-state index in [9.17, 15) is 5.11 Å². The van der Waals surface area contributed by atoms with Crippen LogP contribution in [0.2, 0.25) is 0 Å². The summed E-state index contributed by atoms with van der Waals surface area (Å²) >= 11 is 0. The van der Waals surface area contributed by atoms with Gasteiger partial charge in [-0.15, -0.1) is 0 Å². The average Bonchev–Trinajstić information content (AvgIpc) is 2.06. The van der Waals surface area contributed by atoms with Crippen molar-refractivity contribution in [2.24, 2.45) is 16.2 Å². The molecule has 0 rings (SSSR count). The molecule has 0 heterocycles. The maximum absolute atomic E-state index is 9.58. The van der Waals surface area contributed by atoms with Gasteiger partial charge in [-0.25, -0.2) is 0 Å². The van der Waals surface area contributed by atoms with Crippen LogP contribution in [0.4, 0.5) is 0 Å². The van der Waals surface area contributed by atoms with Gasteiger partial charge < -0.3 is 9.84 Å². The molecule has 0 aliphatic rings. The third-order valence-corrected chi connectivity index (χ3v) is 3.17. The molecule has 0 spiro atoms. The highest BCUT2D eigenvalue weighted by Crippen LogP contribution is 2.33. The van der Waals surface area contributed by atoms with Gasteiger partial charge in [0.25, 0.3) is 0 Å². The number of aliphatic hydroxyl groups excluding tert-OH is 1. The minimum Gasteiger partial charge on any atom is -0.394 e. The van der Waals surface area contributed by atoms with Crippen LogP contribution in [0.5, 0.6) is 0 Å². The maximum Gasteiger partial charge on any atom is 0.0857 e. The van der Waals surface area contributed by atoms with Gasteiger partial charge in [0.2, 0.25) is 0 Å². The van der Waals surface area contributed by atoms with Gasteiger partial charge >= 0.3 is 0 Å². The lowest BCUT2D eigenvalue weighted by Gasteiger charge is -2.37. The Kier molecular flexibility index (Phi) is 6.55. The van der Waals surface area contributed by atoms with Crippen molar-refractivity contribution in [2.45, 2.75) is 87.4 Å². The molecule has 0 radical (unpaired) electrons. The second-order valence-corrected chi connectivity index (χ2v) is 9.32. The normalized spacial score (nSPS) is 15.9. The Morgan fingerprint density at radius 2 is 1.16 bits per heavy atom. The first-order valence-corrected chi connectivity index (χ1v) is 7.51. The van der Waals surface area contributed by atoms with E-state index in [1.165, 1.54) is 0 Å². The van der Waals surface area contributed by atoms with Crippen molar-refractivity contribution in [3.63, 3.8) is 0 Å². The molecule has 0 fully saturated rings. The average molecular weight is 272 g/mol. The third-order valence-electron chi connectivity index (χ3n) is 3.17. The number of hydrogen-bond acceptors (Lipinski definition) is 2. The van der Waals surface area contributed by atoms with Crippen molar-refractivity contribution in [2.75, 3.05) is 6.61 Å². The van der Waals surface area contributed by atoms with Crippen LogP contribution in [0.15, 0.2) is 0 Å². The first kappa shape index (κ1) is 18.9. The summed E-state index contributed by atoms with van der Waals surface area (Å²) in [5, 5.41) is 9.58. The lowest BCUT2D eigenvalue weighted by molar-refractivity contribution is -0.110. The second kappa shape index (κ2) is 6.58. The van der Waals surface area contributed by atoms with E-state index >= 15 is 0 Å².